The second-order valence-electron chi connectivity index (χ2n) is 6.32. The zero-order valence-corrected chi connectivity index (χ0v) is 14.2. The van der Waals surface area contributed by atoms with Crippen LogP contribution in [0.4, 0.5) is 11.4 Å². The first-order chi connectivity index (χ1) is 11.6. The van der Waals surface area contributed by atoms with Gasteiger partial charge in [-0.25, -0.2) is 0 Å². The molecule has 7 nitrogen and oxygen atoms in total. The summed E-state index contributed by atoms with van der Waals surface area (Å²) in [5, 5.41) is 5.58. The van der Waals surface area contributed by atoms with E-state index in [9.17, 15) is 9.59 Å². The van der Waals surface area contributed by atoms with Gasteiger partial charge in [0.15, 0.2) is 0 Å². The molecule has 1 atom stereocenters. The summed E-state index contributed by atoms with van der Waals surface area (Å²) in [7, 11) is 3.70. The molecule has 0 aromatic heterocycles. The van der Waals surface area contributed by atoms with Crippen LogP contribution in [0.5, 0.6) is 5.75 Å². The van der Waals surface area contributed by atoms with E-state index in [4.69, 9.17) is 4.74 Å². The van der Waals surface area contributed by atoms with Crippen molar-refractivity contribution in [2.45, 2.75) is 18.9 Å². The second-order valence-corrected chi connectivity index (χ2v) is 6.32. The van der Waals surface area contributed by atoms with Gasteiger partial charge in [0.1, 0.15) is 11.8 Å². The quantitative estimate of drug-likeness (QED) is 0.847. The summed E-state index contributed by atoms with van der Waals surface area (Å²) in [6.07, 6.45) is 0.932. The standard InChI is InChI=1S/C17H24N4O3/c1-20-7-9-21(10-8-20)12-3-5-15(24-2)14(11-12)19-17(23)13-4-6-16(22)18-13/h3,5,11,13H,4,6-10H2,1-2H3,(H,18,22)(H,19,23). The molecule has 24 heavy (non-hydrogen) atoms. The molecule has 2 aliphatic rings. The predicted octanol–water partition coefficient (Wildman–Crippen LogP) is 0.664. The van der Waals surface area contributed by atoms with Gasteiger partial charge in [-0.2, -0.15) is 0 Å². The Bertz CT molecular complexity index is 626. The monoisotopic (exact) mass is 332 g/mol. The predicted molar refractivity (Wildman–Crippen MR) is 92.5 cm³/mol. The number of nitrogens with one attached hydrogen (secondary N) is 2. The minimum Gasteiger partial charge on any atom is -0.495 e. The van der Waals surface area contributed by atoms with Gasteiger partial charge in [-0.05, 0) is 31.7 Å². The molecular weight excluding hydrogens is 308 g/mol. The van der Waals surface area contributed by atoms with E-state index in [1.54, 1.807) is 7.11 Å². The smallest absolute Gasteiger partial charge is 0.247 e. The molecule has 1 aromatic carbocycles. The molecule has 2 aliphatic heterocycles. The molecule has 0 aliphatic carbocycles. The highest BCUT2D eigenvalue weighted by Crippen LogP contribution is 2.30. The Balaban J connectivity index is 1.74. The maximum atomic E-state index is 12.4. The first kappa shape index (κ1) is 16.6. The number of nitrogens with zero attached hydrogens (tertiary/aromatic N) is 2. The third-order valence-electron chi connectivity index (χ3n) is 4.62. The summed E-state index contributed by atoms with van der Waals surface area (Å²) < 4.78 is 5.36. The maximum absolute atomic E-state index is 12.4. The number of rotatable bonds is 4. The van der Waals surface area contributed by atoms with Gasteiger partial charge in [0.2, 0.25) is 11.8 Å². The van der Waals surface area contributed by atoms with Crippen LogP contribution in [0.15, 0.2) is 18.2 Å². The largest absolute Gasteiger partial charge is 0.495 e. The lowest BCUT2D eigenvalue weighted by molar-refractivity contribution is -0.122. The minimum absolute atomic E-state index is 0.0756. The van der Waals surface area contributed by atoms with Gasteiger partial charge in [-0.1, -0.05) is 0 Å². The van der Waals surface area contributed by atoms with Crippen LogP contribution in [-0.4, -0.2) is 63.1 Å². The molecule has 2 saturated heterocycles. The van der Waals surface area contributed by atoms with Gasteiger partial charge in [0, 0.05) is 38.3 Å². The third kappa shape index (κ3) is 3.62. The van der Waals surface area contributed by atoms with Crippen molar-refractivity contribution in [2.24, 2.45) is 0 Å². The Morgan fingerprint density at radius 2 is 2.04 bits per heavy atom. The fourth-order valence-electron chi connectivity index (χ4n) is 3.09. The van der Waals surface area contributed by atoms with Gasteiger partial charge in [-0.3, -0.25) is 9.59 Å². The summed E-state index contributed by atoms with van der Waals surface area (Å²) in [6, 6.07) is 5.36. The van der Waals surface area contributed by atoms with Crippen molar-refractivity contribution in [3.63, 3.8) is 0 Å². The molecule has 7 heteroatoms. The molecule has 1 aromatic rings. The topological polar surface area (TPSA) is 73.9 Å². The molecular formula is C17H24N4O3. The average Bonchev–Trinajstić information content (AvgIpc) is 3.02. The molecule has 2 amide bonds. The molecule has 2 fully saturated rings. The van der Waals surface area contributed by atoms with E-state index in [-0.39, 0.29) is 11.8 Å². The highest BCUT2D eigenvalue weighted by Gasteiger charge is 2.28. The molecule has 0 radical (unpaired) electrons. The lowest BCUT2D eigenvalue weighted by Crippen LogP contribution is -2.44. The number of hydrogen-bond acceptors (Lipinski definition) is 5. The molecule has 0 bridgehead atoms. The van der Waals surface area contributed by atoms with E-state index < -0.39 is 6.04 Å². The van der Waals surface area contributed by atoms with E-state index in [0.717, 1.165) is 31.9 Å². The Hall–Kier alpha value is -2.28. The molecule has 0 saturated carbocycles. The van der Waals surface area contributed by atoms with Crippen molar-refractivity contribution in [1.82, 2.24) is 10.2 Å². The SMILES string of the molecule is COc1ccc(N2CCN(C)CC2)cc1NC(=O)C1CCC(=O)N1. The second kappa shape index (κ2) is 7.09. The lowest BCUT2D eigenvalue weighted by atomic mass is 10.2. The van der Waals surface area contributed by atoms with E-state index in [1.165, 1.54) is 0 Å². The highest BCUT2D eigenvalue weighted by molar-refractivity contribution is 6.00. The molecule has 3 rings (SSSR count). The molecule has 1 unspecified atom stereocenters. The van der Waals surface area contributed by atoms with Crippen LogP contribution in [0.2, 0.25) is 0 Å². The minimum atomic E-state index is -0.463. The summed E-state index contributed by atoms with van der Waals surface area (Å²) in [5.74, 6) is 0.341. The summed E-state index contributed by atoms with van der Waals surface area (Å²) >= 11 is 0. The third-order valence-corrected chi connectivity index (χ3v) is 4.62. The van der Waals surface area contributed by atoms with E-state index in [0.29, 0.717) is 24.3 Å². The fraction of sp³-hybridized carbons (Fsp3) is 0.529. The number of anilines is 2. The molecule has 130 valence electrons. The van der Waals surface area contributed by atoms with Crippen molar-refractivity contribution in [2.75, 3.05) is 50.6 Å². The lowest BCUT2D eigenvalue weighted by Gasteiger charge is -2.34. The van der Waals surface area contributed by atoms with Crippen molar-refractivity contribution in [3.8, 4) is 5.75 Å². The zero-order chi connectivity index (χ0) is 17.1. The zero-order valence-electron chi connectivity index (χ0n) is 14.2. The van der Waals surface area contributed by atoms with Crippen molar-refractivity contribution >= 4 is 23.2 Å². The number of ether oxygens (including phenoxy) is 1. The highest BCUT2D eigenvalue weighted by atomic mass is 16.5. The van der Waals surface area contributed by atoms with Gasteiger partial charge in [0.05, 0.1) is 12.8 Å². The van der Waals surface area contributed by atoms with Crippen LogP contribution < -0.4 is 20.3 Å². The number of likely N-dealkylation sites (N-methyl/N-ethyl adjacent to an activating group) is 1. The normalized spacial score (nSPS) is 21.5. The van der Waals surface area contributed by atoms with Crippen LogP contribution in [0.3, 0.4) is 0 Å². The Kier molecular flexibility index (Phi) is 4.89. The summed E-state index contributed by atoms with van der Waals surface area (Å²) in [5.41, 5.74) is 1.70. The number of hydrogen-bond donors (Lipinski definition) is 2. The fourth-order valence-corrected chi connectivity index (χ4v) is 3.09. The van der Waals surface area contributed by atoms with E-state index in [1.807, 2.05) is 18.2 Å². The van der Waals surface area contributed by atoms with Crippen molar-refractivity contribution < 1.29 is 14.3 Å². The van der Waals surface area contributed by atoms with Gasteiger partial charge >= 0.3 is 0 Å². The first-order valence-electron chi connectivity index (χ1n) is 8.28. The molecule has 2 heterocycles. The van der Waals surface area contributed by atoms with E-state index in [2.05, 4.69) is 27.5 Å². The summed E-state index contributed by atoms with van der Waals surface area (Å²) in [4.78, 5) is 28.2. The maximum Gasteiger partial charge on any atom is 0.247 e. The number of piperazine rings is 1. The molecule has 0 spiro atoms. The number of benzene rings is 1. The Morgan fingerprint density at radius 1 is 1.29 bits per heavy atom. The van der Waals surface area contributed by atoms with Crippen LogP contribution in [0, 0.1) is 0 Å². The number of carbonyl (C=O) groups excluding carboxylic acids is 2. The first-order valence-corrected chi connectivity index (χ1v) is 8.28. The Labute approximate surface area is 141 Å². The number of amides is 2. The number of carbonyl (C=O) groups is 2. The van der Waals surface area contributed by atoms with Crippen molar-refractivity contribution in [1.29, 1.82) is 0 Å². The van der Waals surface area contributed by atoms with Crippen LogP contribution >= 0.6 is 0 Å². The van der Waals surface area contributed by atoms with Crippen LogP contribution in [0.1, 0.15) is 12.8 Å². The van der Waals surface area contributed by atoms with Crippen LogP contribution in [-0.2, 0) is 9.59 Å². The van der Waals surface area contributed by atoms with Gasteiger partial charge < -0.3 is 25.2 Å². The van der Waals surface area contributed by atoms with Crippen molar-refractivity contribution in [3.05, 3.63) is 18.2 Å². The average molecular weight is 332 g/mol. The summed E-state index contributed by atoms with van der Waals surface area (Å²) in [6.45, 7) is 3.94. The molecule has 2 N–H and O–H groups in total. The van der Waals surface area contributed by atoms with Gasteiger partial charge in [0.25, 0.3) is 0 Å². The van der Waals surface area contributed by atoms with Crippen LogP contribution in [0.25, 0.3) is 0 Å². The van der Waals surface area contributed by atoms with Gasteiger partial charge in [-0.15, -0.1) is 0 Å². The Morgan fingerprint density at radius 3 is 2.67 bits per heavy atom. The number of methoxy groups -OCH3 is 1. The van der Waals surface area contributed by atoms with E-state index >= 15 is 0 Å².